The molecule has 0 saturated heterocycles. The van der Waals surface area contributed by atoms with Crippen LogP contribution in [0.3, 0.4) is 0 Å². The number of halogens is 3. The Balaban J connectivity index is 2.25. The highest BCUT2D eigenvalue weighted by molar-refractivity contribution is 9.10. The summed E-state index contributed by atoms with van der Waals surface area (Å²) in [6.07, 6.45) is 1.61. The molecule has 0 unspecified atom stereocenters. The molecule has 0 amide bonds. The van der Waals surface area contributed by atoms with Gasteiger partial charge in [-0.25, -0.2) is 13.5 Å². The van der Waals surface area contributed by atoms with Gasteiger partial charge in [-0.05, 0) is 28.1 Å². The van der Waals surface area contributed by atoms with Crippen molar-refractivity contribution >= 4 is 15.9 Å². The second kappa shape index (κ2) is 5.79. The number of nitrogens with one attached hydrogen (secondary N) is 1. The number of nitrogens with zero attached hydrogens (tertiary/aromatic N) is 2. The smallest absolute Gasteiger partial charge is 0.150 e. The quantitative estimate of drug-likeness (QED) is 0.871. The Labute approximate surface area is 118 Å². The zero-order chi connectivity index (χ0) is 14.0. The van der Waals surface area contributed by atoms with Crippen LogP contribution < -0.4 is 5.32 Å². The van der Waals surface area contributed by atoms with E-state index in [4.69, 9.17) is 0 Å². The topological polar surface area (TPSA) is 29.9 Å². The van der Waals surface area contributed by atoms with Crippen molar-refractivity contribution in [1.82, 2.24) is 15.1 Å². The van der Waals surface area contributed by atoms with E-state index in [1.807, 2.05) is 13.8 Å². The summed E-state index contributed by atoms with van der Waals surface area (Å²) in [6, 6.07) is 4.33. The predicted molar refractivity (Wildman–Crippen MR) is 73.2 cm³/mol. The van der Waals surface area contributed by atoms with Crippen molar-refractivity contribution in [2.75, 3.05) is 0 Å². The van der Waals surface area contributed by atoms with Crippen molar-refractivity contribution in [2.45, 2.75) is 26.4 Å². The van der Waals surface area contributed by atoms with E-state index >= 15 is 0 Å². The van der Waals surface area contributed by atoms with Gasteiger partial charge in [0.25, 0.3) is 0 Å². The number of hydrogen-bond donors (Lipinski definition) is 1. The summed E-state index contributed by atoms with van der Waals surface area (Å²) in [4.78, 5) is 0. The van der Waals surface area contributed by atoms with Crippen LogP contribution in [-0.2, 0) is 6.54 Å². The Morgan fingerprint density at radius 3 is 2.74 bits per heavy atom. The van der Waals surface area contributed by atoms with Crippen molar-refractivity contribution < 1.29 is 8.78 Å². The van der Waals surface area contributed by atoms with Crippen LogP contribution in [-0.4, -0.2) is 15.8 Å². The molecule has 0 spiro atoms. The molecule has 0 aliphatic heterocycles. The molecule has 3 nitrogen and oxygen atoms in total. The average Bonchev–Trinajstić information content (AvgIpc) is 2.80. The first kappa shape index (κ1) is 14.1. The molecule has 0 aliphatic carbocycles. The van der Waals surface area contributed by atoms with Crippen molar-refractivity contribution in [3.63, 3.8) is 0 Å². The van der Waals surface area contributed by atoms with Crippen LogP contribution in [0.1, 0.15) is 19.5 Å². The summed E-state index contributed by atoms with van der Waals surface area (Å²) in [6.45, 7) is 4.65. The van der Waals surface area contributed by atoms with Gasteiger partial charge in [-0.1, -0.05) is 13.8 Å². The van der Waals surface area contributed by atoms with Gasteiger partial charge in [0.1, 0.15) is 17.3 Å². The van der Waals surface area contributed by atoms with Crippen LogP contribution in [0.5, 0.6) is 0 Å². The molecule has 0 bridgehead atoms. The monoisotopic (exact) mass is 329 g/mol. The molecule has 19 heavy (non-hydrogen) atoms. The first-order chi connectivity index (χ1) is 8.97. The molecule has 1 aromatic carbocycles. The van der Waals surface area contributed by atoms with Crippen LogP contribution in [0.15, 0.2) is 28.9 Å². The maximum atomic E-state index is 13.8. The molecular weight excluding hydrogens is 316 g/mol. The molecule has 1 aromatic heterocycles. The highest BCUT2D eigenvalue weighted by Gasteiger charge is 2.11. The van der Waals surface area contributed by atoms with Gasteiger partial charge in [-0.15, -0.1) is 0 Å². The number of hydrogen-bond acceptors (Lipinski definition) is 2. The zero-order valence-corrected chi connectivity index (χ0v) is 12.2. The van der Waals surface area contributed by atoms with Crippen LogP contribution >= 0.6 is 15.9 Å². The van der Waals surface area contributed by atoms with Crippen LogP contribution in [0.2, 0.25) is 0 Å². The minimum atomic E-state index is -0.528. The summed E-state index contributed by atoms with van der Waals surface area (Å²) in [5, 5.41) is 7.43. The standard InChI is InChI=1S/C13H14BrF2N3/c1-8(2)17-7-9-3-4-19(18-9)13-6-11(15)10(14)5-12(13)16/h3-6,8,17H,7H2,1-2H3. The van der Waals surface area contributed by atoms with Crippen molar-refractivity contribution in [1.29, 1.82) is 0 Å². The summed E-state index contributed by atoms with van der Waals surface area (Å²) in [5.41, 5.74) is 0.868. The fourth-order valence-corrected chi connectivity index (χ4v) is 1.90. The van der Waals surface area contributed by atoms with Crippen LogP contribution in [0.25, 0.3) is 5.69 Å². The maximum Gasteiger partial charge on any atom is 0.150 e. The third-order valence-electron chi connectivity index (χ3n) is 2.57. The summed E-state index contributed by atoms with van der Waals surface area (Å²) < 4.78 is 28.6. The first-order valence-corrected chi connectivity index (χ1v) is 6.69. The molecule has 0 fully saturated rings. The third kappa shape index (κ3) is 3.39. The van der Waals surface area contributed by atoms with E-state index in [0.29, 0.717) is 12.6 Å². The Hall–Kier alpha value is -1.27. The van der Waals surface area contributed by atoms with E-state index in [-0.39, 0.29) is 10.2 Å². The fraction of sp³-hybridized carbons (Fsp3) is 0.308. The van der Waals surface area contributed by atoms with E-state index in [0.717, 1.165) is 17.8 Å². The van der Waals surface area contributed by atoms with Gasteiger partial charge in [0, 0.05) is 24.8 Å². The van der Waals surface area contributed by atoms with E-state index in [1.54, 1.807) is 12.3 Å². The largest absolute Gasteiger partial charge is 0.309 e. The van der Waals surface area contributed by atoms with Crippen molar-refractivity contribution in [3.8, 4) is 5.69 Å². The Morgan fingerprint density at radius 1 is 1.32 bits per heavy atom. The molecule has 1 heterocycles. The Kier molecular flexibility index (Phi) is 4.31. The van der Waals surface area contributed by atoms with E-state index < -0.39 is 11.6 Å². The van der Waals surface area contributed by atoms with Gasteiger partial charge >= 0.3 is 0 Å². The molecule has 0 atom stereocenters. The van der Waals surface area contributed by atoms with Crippen LogP contribution in [0.4, 0.5) is 8.78 Å². The van der Waals surface area contributed by atoms with Gasteiger partial charge in [0.15, 0.2) is 0 Å². The minimum absolute atomic E-state index is 0.0940. The second-order valence-corrected chi connectivity index (χ2v) is 5.36. The average molecular weight is 330 g/mol. The molecule has 2 rings (SSSR count). The van der Waals surface area contributed by atoms with Crippen molar-refractivity contribution in [2.24, 2.45) is 0 Å². The molecule has 1 N–H and O–H groups in total. The predicted octanol–water partition coefficient (Wildman–Crippen LogP) is 3.41. The molecular formula is C13H14BrF2N3. The fourth-order valence-electron chi connectivity index (χ4n) is 1.59. The highest BCUT2D eigenvalue weighted by Crippen LogP contribution is 2.22. The summed E-state index contributed by atoms with van der Waals surface area (Å²) >= 11 is 2.94. The lowest BCUT2D eigenvalue weighted by Crippen LogP contribution is -2.22. The minimum Gasteiger partial charge on any atom is -0.309 e. The summed E-state index contributed by atoms with van der Waals surface area (Å²) in [5.74, 6) is -1.05. The molecule has 0 saturated carbocycles. The number of rotatable bonds is 4. The summed E-state index contributed by atoms with van der Waals surface area (Å²) in [7, 11) is 0. The lowest BCUT2D eigenvalue weighted by Gasteiger charge is -2.06. The maximum absolute atomic E-state index is 13.8. The lowest BCUT2D eigenvalue weighted by molar-refractivity contribution is 0.569. The van der Waals surface area contributed by atoms with Gasteiger partial charge in [0.05, 0.1) is 10.2 Å². The highest BCUT2D eigenvalue weighted by atomic mass is 79.9. The molecule has 0 aliphatic rings. The van der Waals surface area contributed by atoms with E-state index in [2.05, 4.69) is 26.3 Å². The first-order valence-electron chi connectivity index (χ1n) is 5.90. The van der Waals surface area contributed by atoms with Gasteiger partial charge in [0.2, 0.25) is 0 Å². The van der Waals surface area contributed by atoms with Gasteiger partial charge in [-0.3, -0.25) is 0 Å². The lowest BCUT2D eigenvalue weighted by atomic mass is 10.3. The number of benzene rings is 1. The normalized spacial score (nSPS) is 11.3. The van der Waals surface area contributed by atoms with Gasteiger partial charge < -0.3 is 5.32 Å². The zero-order valence-electron chi connectivity index (χ0n) is 10.6. The molecule has 6 heteroatoms. The molecule has 102 valence electrons. The third-order valence-corrected chi connectivity index (χ3v) is 3.18. The van der Waals surface area contributed by atoms with Crippen LogP contribution in [0, 0.1) is 11.6 Å². The van der Waals surface area contributed by atoms with Crippen molar-refractivity contribution in [3.05, 3.63) is 46.2 Å². The van der Waals surface area contributed by atoms with Gasteiger partial charge in [-0.2, -0.15) is 5.10 Å². The molecule has 0 radical (unpaired) electrons. The Bertz CT molecular complexity index is 581. The number of aromatic nitrogens is 2. The Morgan fingerprint density at radius 2 is 2.05 bits per heavy atom. The SMILES string of the molecule is CC(C)NCc1ccn(-c2cc(F)c(Br)cc2F)n1. The second-order valence-electron chi connectivity index (χ2n) is 4.50. The molecule has 2 aromatic rings. The van der Waals surface area contributed by atoms with E-state index in [9.17, 15) is 8.78 Å². The van der Waals surface area contributed by atoms with E-state index in [1.165, 1.54) is 4.68 Å².